The van der Waals surface area contributed by atoms with Crippen LogP contribution in [0.15, 0.2) is 46.9 Å². The van der Waals surface area contributed by atoms with Crippen LogP contribution >= 0.6 is 15.9 Å². The summed E-state index contributed by atoms with van der Waals surface area (Å²) in [4.78, 5) is 2.15. The zero-order chi connectivity index (χ0) is 12.4. The Bertz CT molecular complexity index is 532. The van der Waals surface area contributed by atoms with E-state index in [1.165, 1.54) is 22.4 Å². The fourth-order valence-electron chi connectivity index (χ4n) is 2.04. The Morgan fingerprint density at radius 3 is 2.29 bits per heavy atom. The Kier molecular flexibility index (Phi) is 3.53. The zero-order valence-electron chi connectivity index (χ0n) is 10.4. The summed E-state index contributed by atoms with van der Waals surface area (Å²) in [7, 11) is 4.16. The molecule has 1 nitrogen and oxygen atoms in total. The van der Waals surface area contributed by atoms with E-state index in [0.717, 1.165) is 4.47 Å². The predicted octanol–water partition coefficient (Wildman–Crippen LogP) is 4.49. The minimum atomic E-state index is 1.14. The number of halogens is 1. The summed E-state index contributed by atoms with van der Waals surface area (Å²) in [6, 6.07) is 14.8. The van der Waals surface area contributed by atoms with E-state index in [9.17, 15) is 0 Å². The Hall–Kier alpha value is -1.28. The zero-order valence-corrected chi connectivity index (χ0v) is 12.0. The topological polar surface area (TPSA) is 3.24 Å². The minimum absolute atomic E-state index is 1.14. The molecule has 0 saturated carbocycles. The molecule has 0 aliphatic rings. The number of aryl methyl sites for hydroxylation is 1. The van der Waals surface area contributed by atoms with Gasteiger partial charge in [-0.25, -0.2) is 0 Å². The SMILES string of the molecule is Cc1cccc(N(C)C)c1-c1ccccc1Br. The van der Waals surface area contributed by atoms with Gasteiger partial charge in [0.05, 0.1) is 0 Å². The van der Waals surface area contributed by atoms with Crippen LogP contribution in [0.3, 0.4) is 0 Å². The summed E-state index contributed by atoms with van der Waals surface area (Å²) in [6.07, 6.45) is 0. The third-order valence-electron chi connectivity index (χ3n) is 2.88. The molecule has 0 bridgehead atoms. The van der Waals surface area contributed by atoms with Crippen molar-refractivity contribution in [3.63, 3.8) is 0 Å². The fraction of sp³-hybridized carbons (Fsp3) is 0.200. The molecule has 0 amide bonds. The van der Waals surface area contributed by atoms with Crippen molar-refractivity contribution >= 4 is 21.6 Å². The van der Waals surface area contributed by atoms with Gasteiger partial charge < -0.3 is 4.90 Å². The molecule has 0 unspecified atom stereocenters. The highest BCUT2D eigenvalue weighted by Crippen LogP contribution is 2.36. The second-order valence-corrected chi connectivity index (χ2v) is 5.20. The van der Waals surface area contributed by atoms with Gasteiger partial charge in [0, 0.05) is 29.8 Å². The lowest BCUT2D eigenvalue weighted by molar-refractivity contribution is 1.13. The van der Waals surface area contributed by atoms with E-state index in [4.69, 9.17) is 0 Å². The molecule has 0 saturated heterocycles. The summed E-state index contributed by atoms with van der Waals surface area (Å²) in [5, 5.41) is 0. The lowest BCUT2D eigenvalue weighted by atomic mass is 9.98. The Labute approximate surface area is 111 Å². The number of rotatable bonds is 2. The highest BCUT2D eigenvalue weighted by Gasteiger charge is 2.11. The van der Waals surface area contributed by atoms with E-state index in [-0.39, 0.29) is 0 Å². The molecule has 0 spiro atoms. The predicted molar refractivity (Wildman–Crippen MR) is 78.6 cm³/mol. The first kappa shape index (κ1) is 12.2. The average molecular weight is 290 g/mol. The van der Waals surface area contributed by atoms with E-state index in [2.05, 4.69) is 78.2 Å². The van der Waals surface area contributed by atoms with Gasteiger partial charge in [0.15, 0.2) is 0 Å². The van der Waals surface area contributed by atoms with Crippen molar-refractivity contribution in [1.29, 1.82) is 0 Å². The van der Waals surface area contributed by atoms with Crippen molar-refractivity contribution < 1.29 is 0 Å². The molecule has 2 heteroatoms. The van der Waals surface area contributed by atoms with Gasteiger partial charge in [-0.1, -0.05) is 46.3 Å². The standard InChI is InChI=1S/C15H16BrN/c1-11-7-6-10-14(17(2)3)15(11)12-8-4-5-9-13(12)16/h4-10H,1-3H3. The maximum atomic E-state index is 3.63. The highest BCUT2D eigenvalue weighted by molar-refractivity contribution is 9.10. The lowest BCUT2D eigenvalue weighted by Crippen LogP contribution is -2.10. The third-order valence-corrected chi connectivity index (χ3v) is 3.57. The summed E-state index contributed by atoms with van der Waals surface area (Å²) in [5.41, 5.74) is 5.08. The lowest BCUT2D eigenvalue weighted by Gasteiger charge is -2.20. The monoisotopic (exact) mass is 289 g/mol. The number of anilines is 1. The van der Waals surface area contributed by atoms with Crippen molar-refractivity contribution in [2.75, 3.05) is 19.0 Å². The molecule has 0 aliphatic carbocycles. The largest absolute Gasteiger partial charge is 0.377 e. The van der Waals surface area contributed by atoms with Gasteiger partial charge in [-0.3, -0.25) is 0 Å². The summed E-state index contributed by atoms with van der Waals surface area (Å²) >= 11 is 3.63. The van der Waals surface area contributed by atoms with Crippen LogP contribution in [0.4, 0.5) is 5.69 Å². The molecule has 2 aromatic rings. The quantitative estimate of drug-likeness (QED) is 0.787. The second kappa shape index (κ2) is 4.92. The van der Waals surface area contributed by atoms with E-state index in [0.29, 0.717) is 0 Å². The molecule has 0 aliphatic heterocycles. The first-order chi connectivity index (χ1) is 8.11. The van der Waals surface area contributed by atoms with E-state index < -0.39 is 0 Å². The molecule has 0 radical (unpaired) electrons. The van der Waals surface area contributed by atoms with Crippen LogP contribution < -0.4 is 4.90 Å². The summed E-state index contributed by atoms with van der Waals surface area (Å²) in [6.45, 7) is 2.15. The molecular weight excluding hydrogens is 274 g/mol. The van der Waals surface area contributed by atoms with Gasteiger partial charge in [-0.05, 0) is 30.2 Å². The summed E-state index contributed by atoms with van der Waals surface area (Å²) in [5.74, 6) is 0. The Morgan fingerprint density at radius 2 is 1.65 bits per heavy atom. The highest BCUT2D eigenvalue weighted by atomic mass is 79.9. The molecule has 0 fully saturated rings. The van der Waals surface area contributed by atoms with Crippen molar-refractivity contribution in [2.45, 2.75) is 6.92 Å². The second-order valence-electron chi connectivity index (χ2n) is 4.34. The van der Waals surface area contributed by atoms with Crippen LogP contribution in [-0.2, 0) is 0 Å². The number of hydrogen-bond acceptors (Lipinski definition) is 1. The van der Waals surface area contributed by atoms with Gasteiger partial charge >= 0.3 is 0 Å². The van der Waals surface area contributed by atoms with Gasteiger partial charge in [-0.15, -0.1) is 0 Å². The van der Waals surface area contributed by atoms with Gasteiger partial charge in [-0.2, -0.15) is 0 Å². The molecule has 0 heterocycles. The maximum Gasteiger partial charge on any atom is 0.0443 e. The average Bonchev–Trinajstić information content (AvgIpc) is 2.30. The van der Waals surface area contributed by atoms with E-state index in [1.807, 2.05) is 6.07 Å². The molecule has 0 atom stereocenters. The number of nitrogens with zero attached hydrogens (tertiary/aromatic N) is 1. The van der Waals surface area contributed by atoms with Crippen molar-refractivity contribution in [2.24, 2.45) is 0 Å². The normalized spacial score (nSPS) is 10.4. The minimum Gasteiger partial charge on any atom is -0.377 e. The summed E-state index contributed by atoms with van der Waals surface area (Å²) < 4.78 is 1.14. The molecule has 2 aromatic carbocycles. The Balaban J connectivity index is 2.70. The van der Waals surface area contributed by atoms with Crippen molar-refractivity contribution in [3.8, 4) is 11.1 Å². The van der Waals surface area contributed by atoms with Gasteiger partial charge in [0.2, 0.25) is 0 Å². The molecule has 0 aromatic heterocycles. The number of benzene rings is 2. The maximum absolute atomic E-state index is 3.63. The van der Waals surface area contributed by atoms with Crippen LogP contribution in [0.1, 0.15) is 5.56 Å². The molecule has 0 N–H and O–H groups in total. The first-order valence-corrected chi connectivity index (χ1v) is 6.42. The molecule has 2 rings (SSSR count). The fourth-order valence-corrected chi connectivity index (χ4v) is 2.52. The van der Waals surface area contributed by atoms with Crippen LogP contribution in [0.5, 0.6) is 0 Å². The van der Waals surface area contributed by atoms with Crippen LogP contribution in [-0.4, -0.2) is 14.1 Å². The van der Waals surface area contributed by atoms with Gasteiger partial charge in [0.1, 0.15) is 0 Å². The molecular formula is C15H16BrN. The third kappa shape index (κ3) is 2.37. The van der Waals surface area contributed by atoms with Crippen molar-refractivity contribution in [1.82, 2.24) is 0 Å². The molecule has 17 heavy (non-hydrogen) atoms. The van der Waals surface area contributed by atoms with Crippen LogP contribution in [0, 0.1) is 6.92 Å². The van der Waals surface area contributed by atoms with Crippen LogP contribution in [0.25, 0.3) is 11.1 Å². The van der Waals surface area contributed by atoms with Crippen molar-refractivity contribution in [3.05, 3.63) is 52.5 Å². The van der Waals surface area contributed by atoms with E-state index in [1.54, 1.807) is 0 Å². The molecule has 88 valence electrons. The van der Waals surface area contributed by atoms with E-state index >= 15 is 0 Å². The van der Waals surface area contributed by atoms with Crippen LogP contribution in [0.2, 0.25) is 0 Å². The Morgan fingerprint density at radius 1 is 0.941 bits per heavy atom. The smallest absolute Gasteiger partial charge is 0.0443 e. The first-order valence-electron chi connectivity index (χ1n) is 5.63. The number of hydrogen-bond donors (Lipinski definition) is 0. The van der Waals surface area contributed by atoms with Gasteiger partial charge in [0.25, 0.3) is 0 Å².